The quantitative estimate of drug-likeness (QED) is 0.524. The Morgan fingerprint density at radius 3 is 2.58 bits per heavy atom. The van der Waals surface area contributed by atoms with E-state index in [1.54, 1.807) is 19.1 Å². The topological polar surface area (TPSA) is 79.5 Å². The van der Waals surface area contributed by atoms with Gasteiger partial charge in [-0.3, -0.25) is 4.79 Å². The summed E-state index contributed by atoms with van der Waals surface area (Å²) < 4.78 is 1.52. The lowest BCUT2D eigenvalue weighted by Gasteiger charge is -2.04. The molecule has 0 aliphatic rings. The molecule has 0 aliphatic heterocycles. The number of amides is 1. The molecule has 3 aromatic rings. The monoisotopic (exact) mass is 388 g/mol. The smallest absolute Gasteiger partial charge is 0.271 e. The molecule has 1 heterocycles. The highest BCUT2D eigenvalue weighted by atomic mass is 35.5. The molecule has 0 fully saturated rings. The molecule has 6 nitrogen and oxygen atoms in total. The number of phenolic OH excluding ortho intramolecular Hbond substituents is 1. The summed E-state index contributed by atoms with van der Waals surface area (Å²) in [6, 6.07) is 13.0. The highest BCUT2D eigenvalue weighted by Crippen LogP contribution is 2.26. The predicted molar refractivity (Wildman–Crippen MR) is 101 cm³/mol. The average Bonchev–Trinajstić information content (AvgIpc) is 2.90. The number of benzene rings is 2. The third-order valence-electron chi connectivity index (χ3n) is 3.62. The molecule has 1 amide bonds. The third-order valence-corrected chi connectivity index (χ3v) is 4.30. The average molecular weight is 389 g/mol. The summed E-state index contributed by atoms with van der Waals surface area (Å²) in [5.41, 5.74) is 4.63. The van der Waals surface area contributed by atoms with Gasteiger partial charge >= 0.3 is 0 Å². The van der Waals surface area contributed by atoms with Gasteiger partial charge in [-0.15, -0.1) is 0 Å². The van der Waals surface area contributed by atoms with Crippen molar-refractivity contribution in [3.05, 3.63) is 75.5 Å². The highest BCUT2D eigenvalue weighted by molar-refractivity contribution is 6.34. The predicted octanol–water partition coefficient (Wildman–Crippen LogP) is 3.96. The summed E-state index contributed by atoms with van der Waals surface area (Å²) in [5.74, 6) is -0.326. The second kappa shape index (κ2) is 7.59. The van der Waals surface area contributed by atoms with Crippen LogP contribution in [0.1, 0.15) is 21.6 Å². The van der Waals surface area contributed by atoms with Crippen molar-refractivity contribution in [3.8, 4) is 11.4 Å². The standard InChI is InChI=1S/C18H14Cl2N4O2/c1-11-14(10-21-22-18(26)12-6-8-13(25)9-7-12)17(20)24(23-11)16-5-3-2-4-15(16)19/h2-10,25H,1H3,(H,22,26)/b21-10-. The Kier molecular flexibility index (Phi) is 5.25. The Balaban J connectivity index is 1.80. The van der Waals surface area contributed by atoms with Gasteiger partial charge in [0.05, 0.1) is 28.2 Å². The van der Waals surface area contributed by atoms with Gasteiger partial charge in [-0.05, 0) is 43.3 Å². The Bertz CT molecular complexity index is 981. The Morgan fingerprint density at radius 1 is 1.19 bits per heavy atom. The van der Waals surface area contributed by atoms with E-state index in [1.807, 2.05) is 12.1 Å². The maximum absolute atomic E-state index is 12.0. The van der Waals surface area contributed by atoms with Gasteiger partial charge < -0.3 is 5.11 Å². The molecule has 2 N–H and O–H groups in total. The first-order chi connectivity index (χ1) is 12.5. The molecule has 132 valence electrons. The number of rotatable bonds is 4. The molecule has 3 rings (SSSR count). The largest absolute Gasteiger partial charge is 0.508 e. The van der Waals surface area contributed by atoms with E-state index in [1.165, 1.54) is 35.2 Å². The summed E-state index contributed by atoms with van der Waals surface area (Å²) in [5, 5.41) is 18.4. The maximum Gasteiger partial charge on any atom is 0.271 e. The zero-order chi connectivity index (χ0) is 18.7. The Labute approximate surface area is 159 Å². The molecule has 0 spiro atoms. The SMILES string of the molecule is Cc1nn(-c2ccccc2Cl)c(Cl)c1/C=N\NC(=O)c1ccc(O)cc1. The van der Waals surface area contributed by atoms with E-state index in [4.69, 9.17) is 23.2 Å². The number of nitrogens with zero attached hydrogens (tertiary/aromatic N) is 3. The fourth-order valence-electron chi connectivity index (χ4n) is 2.27. The molecule has 0 saturated carbocycles. The van der Waals surface area contributed by atoms with Crippen LogP contribution in [-0.2, 0) is 0 Å². The van der Waals surface area contributed by atoms with Crippen LogP contribution in [0.15, 0.2) is 53.6 Å². The van der Waals surface area contributed by atoms with Crippen molar-refractivity contribution in [2.24, 2.45) is 5.10 Å². The summed E-state index contributed by atoms with van der Waals surface area (Å²) in [6.45, 7) is 1.78. The molecule has 0 atom stereocenters. The van der Waals surface area contributed by atoms with Crippen molar-refractivity contribution < 1.29 is 9.90 Å². The van der Waals surface area contributed by atoms with Gasteiger partial charge in [0.15, 0.2) is 0 Å². The van der Waals surface area contributed by atoms with Crippen LogP contribution < -0.4 is 5.43 Å². The van der Waals surface area contributed by atoms with Crippen molar-refractivity contribution in [1.82, 2.24) is 15.2 Å². The lowest BCUT2D eigenvalue weighted by Crippen LogP contribution is -2.17. The number of para-hydroxylation sites is 1. The van der Waals surface area contributed by atoms with E-state index in [0.29, 0.717) is 32.7 Å². The van der Waals surface area contributed by atoms with Crippen LogP contribution in [-0.4, -0.2) is 27.0 Å². The second-order valence-electron chi connectivity index (χ2n) is 5.40. The van der Waals surface area contributed by atoms with Crippen molar-refractivity contribution >= 4 is 35.3 Å². The number of carbonyl (C=O) groups is 1. The Hall–Kier alpha value is -2.83. The van der Waals surface area contributed by atoms with Crippen LogP contribution in [0.5, 0.6) is 5.75 Å². The van der Waals surface area contributed by atoms with Gasteiger partial charge in [-0.25, -0.2) is 10.1 Å². The molecular formula is C18H14Cl2N4O2. The number of nitrogens with one attached hydrogen (secondary N) is 1. The summed E-state index contributed by atoms with van der Waals surface area (Å²) in [7, 11) is 0. The van der Waals surface area contributed by atoms with Crippen LogP contribution in [0.2, 0.25) is 10.2 Å². The van der Waals surface area contributed by atoms with Gasteiger partial charge in [0, 0.05) is 5.56 Å². The van der Waals surface area contributed by atoms with Crippen molar-refractivity contribution in [3.63, 3.8) is 0 Å². The van der Waals surface area contributed by atoms with Gasteiger partial charge in [-0.1, -0.05) is 35.3 Å². The highest BCUT2D eigenvalue weighted by Gasteiger charge is 2.15. The lowest BCUT2D eigenvalue weighted by atomic mass is 10.2. The number of phenols is 1. The number of carbonyl (C=O) groups excluding carboxylic acids is 1. The van der Waals surface area contributed by atoms with Crippen LogP contribution in [0.25, 0.3) is 5.69 Å². The molecule has 26 heavy (non-hydrogen) atoms. The Morgan fingerprint density at radius 2 is 1.88 bits per heavy atom. The lowest BCUT2D eigenvalue weighted by molar-refractivity contribution is 0.0955. The number of hydrazone groups is 1. The number of aromatic nitrogens is 2. The second-order valence-corrected chi connectivity index (χ2v) is 6.16. The summed E-state index contributed by atoms with van der Waals surface area (Å²) in [4.78, 5) is 12.0. The van der Waals surface area contributed by atoms with Crippen LogP contribution in [0, 0.1) is 6.92 Å². The van der Waals surface area contributed by atoms with Crippen LogP contribution >= 0.6 is 23.2 Å². The molecule has 8 heteroatoms. The van der Waals surface area contributed by atoms with E-state index in [0.717, 1.165) is 0 Å². The van der Waals surface area contributed by atoms with E-state index in [2.05, 4.69) is 15.6 Å². The van der Waals surface area contributed by atoms with Gasteiger partial charge in [0.25, 0.3) is 5.91 Å². The molecule has 0 bridgehead atoms. The van der Waals surface area contributed by atoms with E-state index in [9.17, 15) is 9.90 Å². The van der Waals surface area contributed by atoms with Crippen molar-refractivity contribution in [2.45, 2.75) is 6.92 Å². The first kappa shape index (κ1) is 18.0. The van der Waals surface area contributed by atoms with Crippen molar-refractivity contribution in [2.75, 3.05) is 0 Å². The molecule has 0 aliphatic carbocycles. The molecule has 1 aromatic heterocycles. The minimum atomic E-state index is -0.409. The van der Waals surface area contributed by atoms with E-state index in [-0.39, 0.29) is 5.75 Å². The van der Waals surface area contributed by atoms with Gasteiger partial charge in [0.2, 0.25) is 0 Å². The summed E-state index contributed by atoms with van der Waals surface area (Å²) >= 11 is 12.6. The number of hydrogen-bond donors (Lipinski definition) is 2. The zero-order valence-corrected chi connectivity index (χ0v) is 15.2. The fraction of sp³-hybridized carbons (Fsp3) is 0.0556. The summed E-state index contributed by atoms with van der Waals surface area (Å²) in [6.07, 6.45) is 1.43. The third kappa shape index (κ3) is 3.71. The normalized spacial score (nSPS) is 11.0. The van der Waals surface area contributed by atoms with Crippen molar-refractivity contribution in [1.29, 1.82) is 0 Å². The zero-order valence-electron chi connectivity index (χ0n) is 13.6. The number of aryl methyl sites for hydroxylation is 1. The first-order valence-electron chi connectivity index (χ1n) is 7.60. The minimum absolute atomic E-state index is 0.0828. The van der Waals surface area contributed by atoms with E-state index < -0.39 is 5.91 Å². The van der Waals surface area contributed by atoms with E-state index >= 15 is 0 Å². The molecule has 2 aromatic carbocycles. The van der Waals surface area contributed by atoms with Crippen LogP contribution in [0.3, 0.4) is 0 Å². The molecule has 0 saturated heterocycles. The fourth-order valence-corrected chi connectivity index (χ4v) is 2.80. The molecular weight excluding hydrogens is 375 g/mol. The maximum atomic E-state index is 12.0. The van der Waals surface area contributed by atoms with Gasteiger partial charge in [0.1, 0.15) is 10.9 Å². The van der Waals surface area contributed by atoms with Gasteiger partial charge in [-0.2, -0.15) is 10.2 Å². The number of hydrogen-bond acceptors (Lipinski definition) is 4. The first-order valence-corrected chi connectivity index (χ1v) is 8.35. The molecule has 0 radical (unpaired) electrons. The van der Waals surface area contributed by atoms with Crippen LogP contribution in [0.4, 0.5) is 0 Å². The number of halogens is 2. The molecule has 0 unspecified atom stereocenters. The number of aromatic hydroxyl groups is 1. The minimum Gasteiger partial charge on any atom is -0.508 e.